The van der Waals surface area contributed by atoms with Crippen molar-refractivity contribution in [1.82, 2.24) is 5.32 Å². The zero-order chi connectivity index (χ0) is 21.4. The summed E-state index contributed by atoms with van der Waals surface area (Å²) in [5.74, 6) is -0.962. The molecule has 2 aliphatic rings. The minimum atomic E-state index is -0.495. The lowest BCUT2D eigenvalue weighted by molar-refractivity contribution is -0.136. The van der Waals surface area contributed by atoms with Crippen LogP contribution < -0.4 is 5.32 Å². The van der Waals surface area contributed by atoms with Gasteiger partial charge < -0.3 is 10.1 Å². The van der Waals surface area contributed by atoms with E-state index in [1.165, 1.54) is 7.11 Å². The molecule has 1 heterocycles. The first kappa shape index (κ1) is 20.7. The molecule has 0 unspecified atom stereocenters. The Hall–Kier alpha value is -2.56. The van der Waals surface area contributed by atoms with Crippen LogP contribution in [0, 0.1) is 0 Å². The average molecular weight is 442 g/mol. The van der Waals surface area contributed by atoms with Gasteiger partial charge in [-0.2, -0.15) is 0 Å². The number of hydrogen-bond acceptors (Lipinski definition) is 4. The number of allylic oxidation sites excluding steroid dienone is 3. The number of methoxy groups -OCH3 is 1. The Morgan fingerprint density at radius 3 is 2.43 bits per heavy atom. The van der Waals surface area contributed by atoms with Gasteiger partial charge in [0.05, 0.1) is 12.7 Å². The SMILES string of the molecule is COC(=O)C1=C(C)NC2=C(C(=O)C[C@@H](c3ccccc3Cl)C2)[C@H]1c1ccc(Cl)cc1. The molecule has 154 valence electrons. The molecule has 0 amide bonds. The number of benzene rings is 2. The summed E-state index contributed by atoms with van der Waals surface area (Å²) < 4.78 is 5.04. The van der Waals surface area contributed by atoms with Crippen molar-refractivity contribution in [3.05, 3.63) is 92.2 Å². The van der Waals surface area contributed by atoms with Crippen LogP contribution in [0.4, 0.5) is 0 Å². The Balaban J connectivity index is 1.82. The molecule has 1 aliphatic carbocycles. The number of ether oxygens (including phenoxy) is 1. The molecular formula is C24H21Cl2NO3. The van der Waals surface area contributed by atoms with Gasteiger partial charge in [0.15, 0.2) is 5.78 Å². The number of esters is 1. The fourth-order valence-electron chi connectivity index (χ4n) is 4.43. The van der Waals surface area contributed by atoms with E-state index in [0.717, 1.165) is 16.8 Å². The number of dihydropyridines is 1. The maximum atomic E-state index is 13.4. The molecule has 2 aromatic carbocycles. The number of nitrogens with one attached hydrogen (secondary N) is 1. The molecule has 0 radical (unpaired) electrons. The smallest absolute Gasteiger partial charge is 0.336 e. The normalized spacial score (nSPS) is 21.3. The van der Waals surface area contributed by atoms with E-state index in [1.807, 2.05) is 43.3 Å². The van der Waals surface area contributed by atoms with Crippen LogP contribution in [0.1, 0.15) is 42.7 Å². The predicted molar refractivity (Wildman–Crippen MR) is 118 cm³/mol. The molecule has 6 heteroatoms. The summed E-state index contributed by atoms with van der Waals surface area (Å²) in [4.78, 5) is 26.0. The van der Waals surface area contributed by atoms with E-state index in [1.54, 1.807) is 12.1 Å². The maximum absolute atomic E-state index is 13.4. The summed E-state index contributed by atoms with van der Waals surface area (Å²) in [5, 5.41) is 4.57. The third kappa shape index (κ3) is 3.66. The van der Waals surface area contributed by atoms with Crippen molar-refractivity contribution < 1.29 is 14.3 Å². The van der Waals surface area contributed by atoms with Gasteiger partial charge in [-0.1, -0.05) is 53.5 Å². The number of rotatable bonds is 3. The van der Waals surface area contributed by atoms with Crippen molar-refractivity contribution in [3.8, 4) is 0 Å². The van der Waals surface area contributed by atoms with Crippen LogP contribution in [0.5, 0.6) is 0 Å². The third-order valence-electron chi connectivity index (χ3n) is 5.78. The van der Waals surface area contributed by atoms with Gasteiger partial charge in [-0.15, -0.1) is 0 Å². The van der Waals surface area contributed by atoms with Crippen LogP contribution >= 0.6 is 23.2 Å². The molecule has 0 saturated heterocycles. The number of carbonyl (C=O) groups is 2. The van der Waals surface area contributed by atoms with Crippen molar-refractivity contribution in [2.24, 2.45) is 0 Å². The first-order valence-electron chi connectivity index (χ1n) is 9.73. The lowest BCUT2D eigenvalue weighted by Gasteiger charge is -2.36. The zero-order valence-electron chi connectivity index (χ0n) is 16.7. The molecule has 1 N–H and O–H groups in total. The van der Waals surface area contributed by atoms with E-state index >= 15 is 0 Å². The van der Waals surface area contributed by atoms with Crippen molar-refractivity contribution >= 4 is 35.0 Å². The number of carbonyl (C=O) groups excluding carboxylic acids is 2. The lowest BCUT2D eigenvalue weighted by atomic mass is 9.72. The van der Waals surface area contributed by atoms with E-state index in [4.69, 9.17) is 27.9 Å². The topological polar surface area (TPSA) is 55.4 Å². The van der Waals surface area contributed by atoms with E-state index in [0.29, 0.717) is 39.7 Å². The Morgan fingerprint density at radius 1 is 1.07 bits per heavy atom. The zero-order valence-corrected chi connectivity index (χ0v) is 18.2. The molecule has 0 saturated carbocycles. The van der Waals surface area contributed by atoms with E-state index in [-0.39, 0.29) is 11.7 Å². The molecule has 0 fully saturated rings. The molecule has 4 nitrogen and oxygen atoms in total. The lowest BCUT2D eigenvalue weighted by Crippen LogP contribution is -2.36. The minimum Gasteiger partial charge on any atom is -0.466 e. The first-order chi connectivity index (χ1) is 14.4. The van der Waals surface area contributed by atoms with Crippen LogP contribution in [-0.4, -0.2) is 18.9 Å². The Labute approximate surface area is 185 Å². The second kappa shape index (κ2) is 8.29. The van der Waals surface area contributed by atoms with Gasteiger partial charge in [0.25, 0.3) is 0 Å². The summed E-state index contributed by atoms with van der Waals surface area (Å²) in [5.41, 5.74) is 4.38. The van der Waals surface area contributed by atoms with E-state index in [2.05, 4.69) is 5.32 Å². The Kier molecular flexibility index (Phi) is 5.72. The highest BCUT2D eigenvalue weighted by Gasteiger charge is 2.41. The average Bonchev–Trinajstić information content (AvgIpc) is 2.73. The summed E-state index contributed by atoms with van der Waals surface area (Å²) in [6.45, 7) is 1.84. The number of ketones is 1. The molecule has 0 bridgehead atoms. The minimum absolute atomic E-state index is 0.00234. The van der Waals surface area contributed by atoms with Gasteiger partial charge in [-0.25, -0.2) is 4.79 Å². The predicted octanol–water partition coefficient (Wildman–Crippen LogP) is 5.53. The van der Waals surface area contributed by atoms with Crippen molar-refractivity contribution in [2.75, 3.05) is 7.11 Å². The van der Waals surface area contributed by atoms with Gasteiger partial charge >= 0.3 is 5.97 Å². The molecule has 30 heavy (non-hydrogen) atoms. The fourth-order valence-corrected chi connectivity index (χ4v) is 4.85. The summed E-state index contributed by atoms with van der Waals surface area (Å²) in [6.07, 6.45) is 0.975. The summed E-state index contributed by atoms with van der Waals surface area (Å²) >= 11 is 12.5. The van der Waals surface area contributed by atoms with E-state index < -0.39 is 11.9 Å². The molecule has 2 atom stereocenters. The molecule has 1 aliphatic heterocycles. The van der Waals surface area contributed by atoms with E-state index in [9.17, 15) is 9.59 Å². The standard InChI is InChI=1S/C24H21Cl2NO3/c1-13-21(24(29)30-2)22(14-7-9-16(25)10-8-14)23-19(27-13)11-15(12-20(23)28)17-5-3-4-6-18(17)26/h3-10,15,22,27H,11-12H2,1-2H3/t15-,22-/m0/s1. The monoisotopic (exact) mass is 441 g/mol. The number of hydrogen-bond donors (Lipinski definition) is 1. The van der Waals surface area contributed by atoms with Crippen LogP contribution in [0.3, 0.4) is 0 Å². The van der Waals surface area contributed by atoms with Gasteiger partial charge in [-0.3, -0.25) is 4.79 Å². The molecule has 4 rings (SSSR count). The van der Waals surface area contributed by atoms with Gasteiger partial charge in [0.2, 0.25) is 0 Å². The summed E-state index contributed by atoms with van der Waals surface area (Å²) in [7, 11) is 1.35. The highest BCUT2D eigenvalue weighted by molar-refractivity contribution is 6.31. The first-order valence-corrected chi connectivity index (χ1v) is 10.5. The summed E-state index contributed by atoms with van der Waals surface area (Å²) in [6, 6.07) is 14.9. The van der Waals surface area contributed by atoms with Crippen molar-refractivity contribution in [3.63, 3.8) is 0 Å². The molecule has 0 aromatic heterocycles. The second-order valence-corrected chi connectivity index (χ2v) is 8.43. The van der Waals surface area contributed by atoms with Crippen molar-refractivity contribution in [1.29, 1.82) is 0 Å². The van der Waals surface area contributed by atoms with Crippen LogP contribution in [0.15, 0.2) is 71.1 Å². The molecule has 2 aromatic rings. The number of Topliss-reactive ketones (excluding diaryl/α,β-unsaturated/α-hetero) is 1. The highest BCUT2D eigenvalue weighted by Crippen LogP contribution is 2.46. The van der Waals surface area contributed by atoms with Gasteiger partial charge in [0.1, 0.15) is 0 Å². The highest BCUT2D eigenvalue weighted by atomic mass is 35.5. The second-order valence-electron chi connectivity index (χ2n) is 7.58. The Bertz CT molecular complexity index is 1090. The van der Waals surface area contributed by atoms with Crippen LogP contribution in [0.25, 0.3) is 0 Å². The molecule has 0 spiro atoms. The maximum Gasteiger partial charge on any atom is 0.336 e. The van der Waals surface area contributed by atoms with Crippen LogP contribution in [0.2, 0.25) is 10.0 Å². The molecular weight excluding hydrogens is 421 g/mol. The largest absolute Gasteiger partial charge is 0.466 e. The van der Waals surface area contributed by atoms with Crippen molar-refractivity contribution in [2.45, 2.75) is 31.6 Å². The quantitative estimate of drug-likeness (QED) is 0.636. The third-order valence-corrected chi connectivity index (χ3v) is 6.38. The van der Waals surface area contributed by atoms with Crippen LogP contribution in [-0.2, 0) is 14.3 Å². The van der Waals surface area contributed by atoms with Gasteiger partial charge in [-0.05, 0) is 48.6 Å². The van der Waals surface area contributed by atoms with Gasteiger partial charge in [0, 0.05) is 39.4 Å². The Morgan fingerprint density at radius 2 is 1.77 bits per heavy atom. The number of halogens is 2. The fraction of sp³-hybridized carbons (Fsp3) is 0.250.